The number of carbonyl (C=O) groups is 2. The van der Waals surface area contributed by atoms with Gasteiger partial charge >= 0.3 is 0 Å². The zero-order valence-electron chi connectivity index (χ0n) is 16.7. The summed E-state index contributed by atoms with van der Waals surface area (Å²) in [6, 6.07) is 0.403. The molecule has 1 saturated heterocycles. The lowest BCUT2D eigenvalue weighted by atomic mass is 9.96. The lowest BCUT2D eigenvalue weighted by Gasteiger charge is -2.30. The van der Waals surface area contributed by atoms with Crippen LogP contribution in [0.25, 0.3) is 10.3 Å². The van der Waals surface area contributed by atoms with Crippen molar-refractivity contribution in [3.8, 4) is 0 Å². The predicted octanol–water partition coefficient (Wildman–Crippen LogP) is 0.873. The highest BCUT2D eigenvalue weighted by Crippen LogP contribution is 2.29. The van der Waals surface area contributed by atoms with Crippen LogP contribution in [0.3, 0.4) is 0 Å². The van der Waals surface area contributed by atoms with Crippen molar-refractivity contribution in [2.24, 2.45) is 5.92 Å². The summed E-state index contributed by atoms with van der Waals surface area (Å²) in [5.41, 5.74) is 0.153. The van der Waals surface area contributed by atoms with E-state index in [1.54, 1.807) is 0 Å². The molecule has 0 atom stereocenters. The molecule has 10 heteroatoms. The van der Waals surface area contributed by atoms with E-state index in [0.29, 0.717) is 16.4 Å². The van der Waals surface area contributed by atoms with Gasteiger partial charge in [-0.1, -0.05) is 11.3 Å². The van der Waals surface area contributed by atoms with Crippen molar-refractivity contribution < 1.29 is 9.59 Å². The van der Waals surface area contributed by atoms with Gasteiger partial charge in [0.05, 0.1) is 0 Å². The van der Waals surface area contributed by atoms with Crippen LogP contribution in [0.5, 0.6) is 0 Å². The normalized spacial score (nSPS) is 17.7. The highest BCUT2D eigenvalue weighted by Gasteiger charge is 2.30. The first kappa shape index (κ1) is 19.8. The molecule has 2 fully saturated rings. The van der Waals surface area contributed by atoms with Crippen molar-refractivity contribution in [2.75, 3.05) is 18.0 Å². The summed E-state index contributed by atoms with van der Waals surface area (Å²) in [4.78, 5) is 47.8. The van der Waals surface area contributed by atoms with Crippen molar-refractivity contribution >= 4 is 38.6 Å². The van der Waals surface area contributed by atoms with E-state index in [1.165, 1.54) is 22.2 Å². The van der Waals surface area contributed by atoms with E-state index in [2.05, 4.69) is 25.5 Å². The molecule has 0 unspecified atom stereocenters. The minimum absolute atomic E-state index is 0.0131. The summed E-state index contributed by atoms with van der Waals surface area (Å²) in [7, 11) is 0. The molecule has 3 heterocycles. The molecule has 1 aliphatic carbocycles. The van der Waals surface area contributed by atoms with Crippen LogP contribution in [0.1, 0.15) is 39.5 Å². The van der Waals surface area contributed by atoms with Gasteiger partial charge in [0.2, 0.25) is 11.8 Å². The van der Waals surface area contributed by atoms with Crippen LogP contribution >= 0.6 is 11.3 Å². The maximum absolute atomic E-state index is 12.7. The monoisotopic (exact) mass is 418 g/mol. The number of nitrogens with one attached hydrogen (secondary N) is 2. The summed E-state index contributed by atoms with van der Waals surface area (Å²) in [6.45, 7) is 5.14. The maximum Gasteiger partial charge on any atom is 0.273 e. The van der Waals surface area contributed by atoms with Crippen molar-refractivity contribution in [3.63, 3.8) is 0 Å². The average molecular weight is 419 g/mol. The molecule has 9 nitrogen and oxygen atoms in total. The minimum atomic E-state index is -0.253. The quantitative estimate of drug-likeness (QED) is 0.721. The van der Waals surface area contributed by atoms with E-state index in [9.17, 15) is 14.4 Å². The van der Waals surface area contributed by atoms with Gasteiger partial charge < -0.3 is 15.5 Å². The van der Waals surface area contributed by atoms with Crippen LogP contribution in [0.2, 0.25) is 0 Å². The molecular formula is C19H26N6O3S. The number of hydrogen-bond acceptors (Lipinski definition) is 7. The summed E-state index contributed by atoms with van der Waals surface area (Å²) in [6.07, 6.45) is 5.13. The van der Waals surface area contributed by atoms with Gasteiger partial charge in [0.1, 0.15) is 17.6 Å². The first-order valence-corrected chi connectivity index (χ1v) is 10.9. The van der Waals surface area contributed by atoms with Crippen LogP contribution < -0.4 is 21.1 Å². The number of nitrogens with zero attached hydrogens (tertiary/aromatic N) is 4. The van der Waals surface area contributed by atoms with Gasteiger partial charge in [0.25, 0.3) is 5.56 Å². The SMILES string of the molecule is CC(C)NC(=O)Cn1cnc2nc(N3CCC(C(=O)NC4CC4)CC3)sc2c1=O. The molecule has 1 saturated carbocycles. The first-order chi connectivity index (χ1) is 13.9. The molecule has 2 amide bonds. The highest BCUT2D eigenvalue weighted by atomic mass is 32.1. The first-order valence-electron chi connectivity index (χ1n) is 10.1. The molecule has 29 heavy (non-hydrogen) atoms. The Kier molecular flexibility index (Phi) is 5.53. The van der Waals surface area contributed by atoms with Crippen LogP contribution in [-0.4, -0.2) is 51.5 Å². The molecule has 156 valence electrons. The topological polar surface area (TPSA) is 109 Å². The Bertz CT molecular complexity index is 972. The Morgan fingerprint density at radius 2 is 1.97 bits per heavy atom. The fraction of sp³-hybridized carbons (Fsp3) is 0.632. The second-order valence-corrected chi connectivity index (χ2v) is 9.07. The fourth-order valence-corrected chi connectivity index (χ4v) is 4.51. The average Bonchev–Trinajstić information content (AvgIpc) is 3.38. The number of rotatable bonds is 6. The molecule has 2 aromatic heterocycles. The molecule has 2 N–H and O–H groups in total. The number of aromatic nitrogens is 3. The summed E-state index contributed by atoms with van der Waals surface area (Å²) >= 11 is 1.30. The number of fused-ring (bicyclic) bond motifs is 1. The van der Waals surface area contributed by atoms with E-state index in [1.807, 2.05) is 13.8 Å². The van der Waals surface area contributed by atoms with Gasteiger partial charge in [0, 0.05) is 31.1 Å². The van der Waals surface area contributed by atoms with Crippen molar-refractivity contribution in [1.82, 2.24) is 25.2 Å². The van der Waals surface area contributed by atoms with Gasteiger partial charge in [-0.25, -0.2) is 4.98 Å². The molecule has 0 bridgehead atoms. The number of piperidine rings is 1. The van der Waals surface area contributed by atoms with Crippen molar-refractivity contribution in [1.29, 1.82) is 0 Å². The van der Waals surface area contributed by atoms with Crippen molar-refractivity contribution in [2.45, 2.75) is 58.2 Å². The van der Waals surface area contributed by atoms with E-state index < -0.39 is 0 Å². The van der Waals surface area contributed by atoms with Gasteiger partial charge in [-0.2, -0.15) is 4.98 Å². The van der Waals surface area contributed by atoms with Crippen LogP contribution in [0.4, 0.5) is 5.13 Å². The molecular weight excluding hydrogens is 392 g/mol. The van der Waals surface area contributed by atoms with Gasteiger partial charge in [-0.15, -0.1) is 0 Å². The lowest BCUT2D eigenvalue weighted by Crippen LogP contribution is -2.41. The fourth-order valence-electron chi connectivity index (χ4n) is 3.49. The second kappa shape index (κ2) is 8.10. The molecule has 0 radical (unpaired) electrons. The Balaban J connectivity index is 1.44. The summed E-state index contributed by atoms with van der Waals surface area (Å²) < 4.78 is 1.77. The molecule has 4 rings (SSSR count). The molecule has 0 aromatic carbocycles. The van der Waals surface area contributed by atoms with E-state index in [4.69, 9.17) is 0 Å². The highest BCUT2D eigenvalue weighted by molar-refractivity contribution is 7.22. The largest absolute Gasteiger partial charge is 0.353 e. The van der Waals surface area contributed by atoms with E-state index >= 15 is 0 Å². The zero-order valence-corrected chi connectivity index (χ0v) is 17.5. The third-order valence-electron chi connectivity index (χ3n) is 5.20. The maximum atomic E-state index is 12.7. The number of thiazole rings is 1. The van der Waals surface area contributed by atoms with Crippen LogP contribution in [0, 0.1) is 5.92 Å². The smallest absolute Gasteiger partial charge is 0.273 e. The van der Waals surface area contributed by atoms with Gasteiger partial charge in [0.15, 0.2) is 10.8 Å². The third kappa shape index (κ3) is 4.58. The Morgan fingerprint density at radius 3 is 2.62 bits per heavy atom. The number of hydrogen-bond donors (Lipinski definition) is 2. The Labute approximate surface area is 172 Å². The standard InChI is InChI=1S/C19H26N6O3S/c1-11(2)21-14(26)9-25-10-20-16-15(18(25)28)29-19(23-16)24-7-5-12(6-8-24)17(27)22-13-3-4-13/h10-13H,3-9H2,1-2H3,(H,21,26)(H,22,27). The minimum Gasteiger partial charge on any atom is -0.353 e. The molecule has 2 aromatic rings. The summed E-state index contributed by atoms with van der Waals surface area (Å²) in [5.74, 6) is -0.00346. The number of amides is 2. The van der Waals surface area contributed by atoms with Crippen LogP contribution in [-0.2, 0) is 16.1 Å². The third-order valence-corrected chi connectivity index (χ3v) is 6.29. The molecule has 1 aliphatic heterocycles. The second-order valence-electron chi connectivity index (χ2n) is 8.09. The molecule has 0 spiro atoms. The Morgan fingerprint density at radius 1 is 1.24 bits per heavy atom. The molecule has 2 aliphatic rings. The van der Waals surface area contributed by atoms with Gasteiger partial charge in [-0.3, -0.25) is 19.0 Å². The summed E-state index contributed by atoms with van der Waals surface area (Å²) in [5, 5.41) is 6.60. The zero-order chi connectivity index (χ0) is 20.5. The predicted molar refractivity (Wildman–Crippen MR) is 111 cm³/mol. The van der Waals surface area contributed by atoms with E-state index in [0.717, 1.165) is 43.9 Å². The number of anilines is 1. The van der Waals surface area contributed by atoms with Gasteiger partial charge in [-0.05, 0) is 39.5 Å². The van der Waals surface area contributed by atoms with Crippen molar-refractivity contribution in [3.05, 3.63) is 16.7 Å². The van der Waals surface area contributed by atoms with E-state index in [-0.39, 0.29) is 35.9 Å². The Hall–Kier alpha value is -2.49. The number of carbonyl (C=O) groups excluding carboxylic acids is 2. The van der Waals surface area contributed by atoms with Crippen LogP contribution in [0.15, 0.2) is 11.1 Å². The lowest BCUT2D eigenvalue weighted by molar-refractivity contribution is -0.125.